The lowest BCUT2D eigenvalue weighted by Gasteiger charge is -2.44. The Morgan fingerprint density at radius 2 is 1.69 bits per heavy atom. The second-order valence-corrected chi connectivity index (χ2v) is 8.10. The van der Waals surface area contributed by atoms with E-state index in [9.17, 15) is 9.59 Å². The minimum Gasteiger partial charge on any atom is -0.465 e. The molecule has 154 valence electrons. The van der Waals surface area contributed by atoms with Crippen molar-refractivity contribution in [2.45, 2.75) is 38.9 Å². The van der Waals surface area contributed by atoms with Crippen molar-refractivity contribution in [1.82, 2.24) is 9.80 Å². The molecule has 6 heteroatoms. The molecule has 29 heavy (non-hydrogen) atoms. The van der Waals surface area contributed by atoms with Gasteiger partial charge in [0.2, 0.25) is 5.91 Å². The molecule has 0 N–H and O–H groups in total. The van der Waals surface area contributed by atoms with E-state index in [0.717, 1.165) is 17.7 Å². The molecule has 0 saturated carbocycles. The van der Waals surface area contributed by atoms with Gasteiger partial charge in [-0.1, -0.05) is 35.9 Å². The van der Waals surface area contributed by atoms with Crippen molar-refractivity contribution in [1.29, 1.82) is 0 Å². The quantitative estimate of drug-likeness (QED) is 0.698. The maximum Gasteiger partial charge on any atom is 0.337 e. The number of hydrogen-bond acceptors (Lipinski definition) is 4. The number of rotatable bonds is 5. The van der Waals surface area contributed by atoms with Crippen LogP contribution in [0.1, 0.15) is 35.3 Å². The Labute approximate surface area is 177 Å². The topological polar surface area (TPSA) is 49.9 Å². The van der Waals surface area contributed by atoms with Crippen LogP contribution >= 0.6 is 11.6 Å². The summed E-state index contributed by atoms with van der Waals surface area (Å²) >= 11 is 6.03. The maximum atomic E-state index is 12.8. The van der Waals surface area contributed by atoms with Crippen molar-refractivity contribution < 1.29 is 14.3 Å². The van der Waals surface area contributed by atoms with Crippen LogP contribution in [0.3, 0.4) is 0 Å². The van der Waals surface area contributed by atoms with Crippen LogP contribution in [0.4, 0.5) is 0 Å². The van der Waals surface area contributed by atoms with E-state index in [1.807, 2.05) is 41.3 Å². The first-order chi connectivity index (χ1) is 13.9. The highest BCUT2D eigenvalue weighted by Crippen LogP contribution is 2.21. The molecule has 0 spiro atoms. The number of methoxy groups -OCH3 is 1. The molecule has 0 aromatic heterocycles. The van der Waals surface area contributed by atoms with Gasteiger partial charge in [-0.15, -0.1) is 0 Å². The third-order valence-electron chi connectivity index (χ3n) is 5.44. The molecule has 2 aromatic carbocycles. The van der Waals surface area contributed by atoms with Crippen molar-refractivity contribution in [3.63, 3.8) is 0 Å². The van der Waals surface area contributed by atoms with Crippen LogP contribution in [-0.4, -0.2) is 54.0 Å². The number of esters is 1. The van der Waals surface area contributed by atoms with E-state index >= 15 is 0 Å². The highest BCUT2D eigenvalue weighted by atomic mass is 35.5. The minimum atomic E-state index is -0.329. The Morgan fingerprint density at radius 1 is 1.03 bits per heavy atom. The van der Waals surface area contributed by atoms with Gasteiger partial charge in [0.25, 0.3) is 0 Å². The van der Waals surface area contributed by atoms with Gasteiger partial charge in [0, 0.05) is 36.7 Å². The Morgan fingerprint density at radius 3 is 2.28 bits per heavy atom. The summed E-state index contributed by atoms with van der Waals surface area (Å²) in [5.74, 6) is -0.196. The highest BCUT2D eigenvalue weighted by Gasteiger charge is 2.31. The Balaban J connectivity index is 1.60. The fourth-order valence-corrected chi connectivity index (χ4v) is 4.09. The van der Waals surface area contributed by atoms with Gasteiger partial charge < -0.3 is 9.64 Å². The molecule has 0 radical (unpaired) electrons. The monoisotopic (exact) mass is 414 g/mol. The van der Waals surface area contributed by atoms with Crippen LogP contribution in [0.25, 0.3) is 0 Å². The van der Waals surface area contributed by atoms with Crippen LogP contribution < -0.4 is 0 Å². The molecule has 0 unspecified atom stereocenters. The fraction of sp³-hybridized carbons (Fsp3) is 0.391. The molecule has 0 bridgehead atoms. The number of halogens is 1. The molecule has 5 nitrogen and oxygen atoms in total. The van der Waals surface area contributed by atoms with Gasteiger partial charge in [-0.25, -0.2) is 4.79 Å². The van der Waals surface area contributed by atoms with Gasteiger partial charge in [-0.2, -0.15) is 0 Å². The number of nitrogens with zero attached hydrogens (tertiary/aromatic N) is 2. The molecule has 3 rings (SSSR count). The van der Waals surface area contributed by atoms with E-state index in [-0.39, 0.29) is 24.0 Å². The zero-order valence-corrected chi connectivity index (χ0v) is 17.9. The Bertz CT molecular complexity index is 857. The Hall–Kier alpha value is -2.37. The summed E-state index contributed by atoms with van der Waals surface area (Å²) in [7, 11) is 1.38. The standard InChI is InChI=1S/C23H27ClN2O3/c1-16-13-25(22(27)12-19-5-4-6-21(24)11-19)14-17(2)26(16)15-18-7-9-20(10-8-18)23(28)29-3/h4-11,16-17H,12-15H2,1-3H3/t16-,17+. The van der Waals surface area contributed by atoms with Crippen LogP contribution in [0, 0.1) is 0 Å². The predicted octanol–water partition coefficient (Wildman–Crippen LogP) is 3.79. The van der Waals surface area contributed by atoms with Crippen LogP contribution in [0.15, 0.2) is 48.5 Å². The highest BCUT2D eigenvalue weighted by molar-refractivity contribution is 6.30. The van der Waals surface area contributed by atoms with Gasteiger partial charge in [-0.05, 0) is 49.2 Å². The predicted molar refractivity (Wildman–Crippen MR) is 114 cm³/mol. The van der Waals surface area contributed by atoms with Crippen molar-refractivity contribution >= 4 is 23.5 Å². The molecule has 0 aliphatic carbocycles. The zero-order valence-electron chi connectivity index (χ0n) is 17.1. The summed E-state index contributed by atoms with van der Waals surface area (Å²) in [6.45, 7) is 6.48. The smallest absolute Gasteiger partial charge is 0.337 e. The summed E-state index contributed by atoms with van der Waals surface area (Å²) in [4.78, 5) is 28.7. The third kappa shape index (κ3) is 5.37. The summed E-state index contributed by atoms with van der Waals surface area (Å²) in [5, 5.41) is 0.653. The lowest BCUT2D eigenvalue weighted by molar-refractivity contribution is -0.135. The SMILES string of the molecule is COC(=O)c1ccc(CN2[C@H](C)CN(C(=O)Cc3cccc(Cl)c3)C[C@@H]2C)cc1. The van der Waals surface area contributed by atoms with Crippen molar-refractivity contribution in [3.8, 4) is 0 Å². The number of carbonyl (C=O) groups excluding carboxylic acids is 2. The molecule has 1 heterocycles. The summed E-state index contributed by atoms with van der Waals surface area (Å²) in [6, 6.07) is 15.5. The molecule has 1 aliphatic heterocycles. The minimum absolute atomic E-state index is 0.132. The maximum absolute atomic E-state index is 12.8. The molecule has 2 aromatic rings. The summed E-state index contributed by atoms with van der Waals surface area (Å²) in [6.07, 6.45) is 0.370. The zero-order chi connectivity index (χ0) is 21.0. The van der Waals surface area contributed by atoms with Crippen molar-refractivity contribution in [3.05, 3.63) is 70.2 Å². The molecule has 1 saturated heterocycles. The summed E-state index contributed by atoms with van der Waals surface area (Å²) < 4.78 is 4.75. The van der Waals surface area contributed by atoms with E-state index in [4.69, 9.17) is 16.3 Å². The van der Waals surface area contributed by atoms with Crippen LogP contribution in [0.2, 0.25) is 5.02 Å². The van der Waals surface area contributed by atoms with E-state index in [1.165, 1.54) is 7.11 Å². The van der Waals surface area contributed by atoms with Gasteiger partial charge in [0.05, 0.1) is 19.1 Å². The van der Waals surface area contributed by atoms with E-state index in [1.54, 1.807) is 12.1 Å². The lowest BCUT2D eigenvalue weighted by Crippen LogP contribution is -2.57. The first-order valence-corrected chi connectivity index (χ1v) is 10.2. The number of benzene rings is 2. The average Bonchev–Trinajstić information content (AvgIpc) is 2.70. The van der Waals surface area contributed by atoms with Gasteiger partial charge >= 0.3 is 5.97 Å². The largest absolute Gasteiger partial charge is 0.465 e. The second-order valence-electron chi connectivity index (χ2n) is 7.66. The van der Waals surface area contributed by atoms with E-state index < -0.39 is 0 Å². The van der Waals surface area contributed by atoms with Crippen LogP contribution in [0.5, 0.6) is 0 Å². The van der Waals surface area contributed by atoms with Gasteiger partial charge in [-0.3, -0.25) is 9.69 Å². The third-order valence-corrected chi connectivity index (χ3v) is 5.67. The molecular formula is C23H27ClN2O3. The van der Waals surface area contributed by atoms with Crippen molar-refractivity contribution in [2.24, 2.45) is 0 Å². The molecule has 1 aliphatic rings. The number of carbonyl (C=O) groups is 2. The second kappa shape index (κ2) is 9.42. The van der Waals surface area contributed by atoms with E-state index in [2.05, 4.69) is 18.7 Å². The lowest BCUT2D eigenvalue weighted by atomic mass is 10.0. The molecular weight excluding hydrogens is 388 g/mol. The number of piperazine rings is 1. The van der Waals surface area contributed by atoms with Crippen molar-refractivity contribution in [2.75, 3.05) is 20.2 Å². The van der Waals surface area contributed by atoms with Gasteiger partial charge in [0.1, 0.15) is 0 Å². The van der Waals surface area contributed by atoms with Crippen LogP contribution in [-0.2, 0) is 22.5 Å². The Kier molecular flexibility index (Phi) is 6.93. The normalized spacial score (nSPS) is 19.8. The molecule has 1 amide bonds. The average molecular weight is 415 g/mol. The number of amides is 1. The fourth-order valence-electron chi connectivity index (χ4n) is 3.88. The van der Waals surface area contributed by atoms with E-state index in [0.29, 0.717) is 30.1 Å². The first kappa shape index (κ1) is 21.3. The summed E-state index contributed by atoms with van der Waals surface area (Å²) in [5.41, 5.74) is 2.62. The molecule has 2 atom stereocenters. The number of ether oxygens (including phenoxy) is 1. The molecule has 1 fully saturated rings. The van der Waals surface area contributed by atoms with Gasteiger partial charge in [0.15, 0.2) is 0 Å². The first-order valence-electron chi connectivity index (χ1n) is 9.82. The number of hydrogen-bond donors (Lipinski definition) is 0.